The molecule has 0 unspecified atom stereocenters. The highest BCUT2D eigenvalue weighted by molar-refractivity contribution is 7.99. The number of nitrogens with zero attached hydrogens (tertiary/aromatic N) is 1. The monoisotopic (exact) mass is 432 g/mol. The average Bonchev–Trinajstić information content (AvgIpc) is 2.65. The van der Waals surface area contributed by atoms with E-state index in [4.69, 9.17) is 0 Å². The van der Waals surface area contributed by atoms with E-state index in [-0.39, 0.29) is 6.54 Å². The first-order valence-electron chi connectivity index (χ1n) is 8.20. The van der Waals surface area contributed by atoms with E-state index < -0.39 is 37.3 Å². The van der Waals surface area contributed by atoms with Crippen LogP contribution in [0.3, 0.4) is 0 Å². The minimum atomic E-state index is -4.63. The molecule has 1 aromatic heterocycles. The van der Waals surface area contributed by atoms with Crippen molar-refractivity contribution in [3.63, 3.8) is 0 Å². The minimum Gasteiger partial charge on any atom is -0.354 e. The topological polar surface area (TPSA) is 76.1 Å². The fourth-order valence-corrected chi connectivity index (χ4v) is 4.22. The van der Waals surface area contributed by atoms with Crippen molar-refractivity contribution in [1.82, 2.24) is 10.3 Å². The van der Waals surface area contributed by atoms with Gasteiger partial charge < -0.3 is 5.32 Å². The van der Waals surface area contributed by atoms with E-state index in [9.17, 15) is 26.4 Å². The molecule has 28 heavy (non-hydrogen) atoms. The van der Waals surface area contributed by atoms with E-state index in [1.165, 1.54) is 25.6 Å². The molecule has 0 radical (unpaired) electrons. The van der Waals surface area contributed by atoms with Crippen molar-refractivity contribution in [2.45, 2.75) is 34.7 Å². The second-order valence-electron chi connectivity index (χ2n) is 6.31. The van der Waals surface area contributed by atoms with Crippen molar-refractivity contribution in [2.24, 2.45) is 0 Å². The number of hydrogen-bond acceptors (Lipinski definition) is 5. The van der Waals surface area contributed by atoms with Crippen molar-refractivity contribution in [3.8, 4) is 0 Å². The Labute approximate surface area is 165 Å². The Morgan fingerprint density at radius 1 is 1.11 bits per heavy atom. The fraction of sp³-hybridized carbons (Fsp3) is 0.333. The fourth-order valence-electron chi connectivity index (χ4n) is 2.15. The lowest BCUT2D eigenvalue weighted by molar-refractivity contribution is -0.137. The van der Waals surface area contributed by atoms with Gasteiger partial charge >= 0.3 is 6.18 Å². The molecule has 1 N–H and O–H groups in total. The smallest absolute Gasteiger partial charge is 0.354 e. The number of pyridine rings is 1. The van der Waals surface area contributed by atoms with E-state index in [0.29, 0.717) is 18.0 Å². The van der Waals surface area contributed by atoms with Gasteiger partial charge in [0.25, 0.3) is 0 Å². The summed E-state index contributed by atoms with van der Waals surface area (Å²) < 4.78 is 61.4. The lowest BCUT2D eigenvalue weighted by Gasteiger charge is -2.23. The molecule has 2 rings (SSSR count). The first-order valence-corrected chi connectivity index (χ1v) is 10.7. The molecule has 0 atom stereocenters. The van der Waals surface area contributed by atoms with Crippen LogP contribution in [0, 0.1) is 0 Å². The van der Waals surface area contributed by atoms with Crippen LogP contribution in [0.15, 0.2) is 58.6 Å². The van der Waals surface area contributed by atoms with Gasteiger partial charge in [-0.05, 0) is 38.1 Å². The lowest BCUT2D eigenvalue weighted by Crippen LogP contribution is -2.48. The summed E-state index contributed by atoms with van der Waals surface area (Å²) in [6.45, 7) is 2.63. The van der Waals surface area contributed by atoms with Gasteiger partial charge in [-0.2, -0.15) is 13.2 Å². The largest absolute Gasteiger partial charge is 0.417 e. The average molecular weight is 432 g/mol. The number of nitrogens with one attached hydrogen (secondary N) is 1. The molecule has 0 saturated heterocycles. The highest BCUT2D eigenvalue weighted by Crippen LogP contribution is 2.30. The van der Waals surface area contributed by atoms with Gasteiger partial charge in [0.15, 0.2) is 9.77 Å². The number of benzene rings is 1. The molecule has 1 heterocycles. The van der Waals surface area contributed by atoms with Crippen LogP contribution in [0.25, 0.3) is 0 Å². The predicted molar refractivity (Wildman–Crippen MR) is 101 cm³/mol. The zero-order valence-corrected chi connectivity index (χ0v) is 16.8. The Bertz CT molecular complexity index is 913. The first kappa shape index (κ1) is 22.2. The summed E-state index contributed by atoms with van der Waals surface area (Å²) in [5, 5.41) is 1.97. The molecule has 0 aliphatic carbocycles. The Hall–Kier alpha value is -2.07. The van der Waals surface area contributed by atoms with Gasteiger partial charge in [0, 0.05) is 23.4 Å². The molecule has 1 amide bonds. The molecular weight excluding hydrogens is 413 g/mol. The maximum atomic E-state index is 12.7. The number of sulfone groups is 1. The summed E-state index contributed by atoms with van der Waals surface area (Å²) >= 11 is 1.50. The zero-order valence-electron chi connectivity index (χ0n) is 15.2. The molecule has 5 nitrogen and oxygen atoms in total. The van der Waals surface area contributed by atoms with Crippen molar-refractivity contribution in [3.05, 3.63) is 54.2 Å². The highest BCUT2D eigenvalue weighted by atomic mass is 32.2. The van der Waals surface area contributed by atoms with Crippen LogP contribution in [0.4, 0.5) is 13.2 Å². The molecule has 0 spiro atoms. The maximum Gasteiger partial charge on any atom is 0.417 e. The van der Waals surface area contributed by atoms with Crippen molar-refractivity contribution >= 4 is 27.5 Å². The first-order chi connectivity index (χ1) is 13.0. The van der Waals surface area contributed by atoms with Gasteiger partial charge in [-0.25, -0.2) is 13.4 Å². The van der Waals surface area contributed by atoms with Crippen LogP contribution in [0.5, 0.6) is 0 Å². The van der Waals surface area contributed by atoms with Gasteiger partial charge in [0.2, 0.25) is 15.7 Å². The van der Waals surface area contributed by atoms with Crippen LogP contribution >= 0.6 is 11.8 Å². The predicted octanol–water partition coefficient (Wildman–Crippen LogP) is 3.56. The second kappa shape index (κ2) is 8.52. The summed E-state index contributed by atoms with van der Waals surface area (Å²) in [7, 11) is -4.29. The van der Waals surface area contributed by atoms with Crippen molar-refractivity contribution in [2.75, 3.05) is 12.3 Å². The van der Waals surface area contributed by atoms with E-state index in [0.717, 1.165) is 11.0 Å². The Kier molecular flexibility index (Phi) is 6.76. The number of halogens is 3. The molecular formula is C18H19F3N2O3S2. The van der Waals surface area contributed by atoms with Crippen LogP contribution in [0.2, 0.25) is 0 Å². The molecule has 2 aromatic rings. The number of hydrogen-bond donors (Lipinski definition) is 1. The quantitative estimate of drug-likeness (QED) is 0.535. The number of thioether (sulfide) groups is 1. The molecule has 0 fully saturated rings. The Morgan fingerprint density at radius 3 is 2.29 bits per heavy atom. The summed E-state index contributed by atoms with van der Waals surface area (Å²) in [6.07, 6.45) is -4.18. The maximum absolute atomic E-state index is 12.7. The lowest BCUT2D eigenvalue weighted by atomic mass is 10.2. The summed E-state index contributed by atoms with van der Waals surface area (Å²) in [4.78, 5) is 16.8. The summed E-state index contributed by atoms with van der Waals surface area (Å²) in [5.74, 6) is -0.215. The summed E-state index contributed by atoms with van der Waals surface area (Å²) in [6, 6.07) is 10.9. The van der Waals surface area contributed by atoms with Gasteiger partial charge in [-0.15, -0.1) is 11.8 Å². The van der Waals surface area contributed by atoms with E-state index in [1.807, 2.05) is 30.3 Å². The highest BCUT2D eigenvalue weighted by Gasteiger charge is 2.44. The van der Waals surface area contributed by atoms with Crippen LogP contribution < -0.4 is 5.32 Å². The number of rotatable bonds is 7. The van der Waals surface area contributed by atoms with Gasteiger partial charge in [0.1, 0.15) is 0 Å². The van der Waals surface area contributed by atoms with E-state index in [1.54, 1.807) is 0 Å². The van der Waals surface area contributed by atoms with E-state index in [2.05, 4.69) is 10.3 Å². The third kappa shape index (κ3) is 5.05. The molecule has 0 saturated carbocycles. The van der Waals surface area contributed by atoms with Crippen molar-refractivity contribution in [1.29, 1.82) is 0 Å². The third-order valence-corrected chi connectivity index (χ3v) is 7.29. The molecule has 1 aromatic carbocycles. The van der Waals surface area contributed by atoms with E-state index >= 15 is 0 Å². The van der Waals surface area contributed by atoms with Crippen LogP contribution in [0.1, 0.15) is 19.4 Å². The number of carbonyl (C=O) groups excluding carboxylic acids is 1. The van der Waals surface area contributed by atoms with Gasteiger partial charge in [-0.1, -0.05) is 18.2 Å². The van der Waals surface area contributed by atoms with Crippen LogP contribution in [-0.4, -0.2) is 36.4 Å². The molecule has 152 valence electrons. The Morgan fingerprint density at radius 2 is 1.75 bits per heavy atom. The molecule has 0 aliphatic rings. The minimum absolute atomic E-state index is 0.234. The normalized spacial score (nSPS) is 12.6. The molecule has 10 heteroatoms. The van der Waals surface area contributed by atoms with Crippen LogP contribution in [-0.2, 0) is 20.8 Å². The molecule has 0 aliphatic heterocycles. The second-order valence-corrected chi connectivity index (χ2v) is 9.93. The third-order valence-electron chi connectivity index (χ3n) is 3.96. The Balaban J connectivity index is 2.03. The number of aromatic nitrogens is 1. The van der Waals surface area contributed by atoms with Gasteiger partial charge in [-0.3, -0.25) is 4.79 Å². The number of carbonyl (C=O) groups is 1. The van der Waals surface area contributed by atoms with Crippen molar-refractivity contribution < 1.29 is 26.4 Å². The number of alkyl halides is 3. The standard InChI is InChI=1S/C18H19F3N2O3S2/c1-17(2,16(24)22-10-11-27-14-6-4-3-5-7-14)28(25,26)15-9-8-13(12-23-15)18(19,20)21/h3-9,12H,10-11H2,1-2H3,(H,22,24). The van der Waals surface area contributed by atoms with Gasteiger partial charge in [0.05, 0.1) is 5.56 Å². The number of amides is 1. The zero-order chi connectivity index (χ0) is 21.0. The summed E-state index contributed by atoms with van der Waals surface area (Å²) in [5.41, 5.74) is -1.06. The SMILES string of the molecule is CC(C)(C(=O)NCCSc1ccccc1)S(=O)(=O)c1ccc(C(F)(F)F)cn1. The molecule has 0 bridgehead atoms.